The molecule has 158 valence electrons. The average Bonchev–Trinajstić information content (AvgIpc) is 3.21. The third kappa shape index (κ3) is 3.60. The second-order valence-electron chi connectivity index (χ2n) is 7.62. The van der Waals surface area contributed by atoms with Crippen LogP contribution in [0.3, 0.4) is 0 Å². The van der Waals surface area contributed by atoms with Crippen molar-refractivity contribution in [1.29, 1.82) is 0 Å². The third-order valence-corrected chi connectivity index (χ3v) is 6.63. The summed E-state index contributed by atoms with van der Waals surface area (Å²) in [5, 5.41) is 2.72. The molecule has 0 aromatic heterocycles. The number of amides is 4. The van der Waals surface area contributed by atoms with Crippen LogP contribution in [0.5, 0.6) is 0 Å². The standard InChI is InChI=1S/C22H19FN4O3S/c23-16-7-5-13(6-8-16)11-27-20(28)18-17(24-22(27)30)19(31-25-18)21(29)26-10-9-14-3-1-2-4-15(14)12-26/h1-8,18,25H,9-12H2,(H,24,30). The number of nitrogens with zero attached hydrogens (tertiary/aromatic N) is 2. The molecule has 3 aliphatic rings. The predicted molar refractivity (Wildman–Crippen MR) is 113 cm³/mol. The van der Waals surface area contributed by atoms with Crippen LogP contribution in [-0.2, 0) is 29.1 Å². The fourth-order valence-electron chi connectivity index (χ4n) is 4.00. The number of carbonyl (C=O) groups is 3. The molecule has 4 amide bonds. The van der Waals surface area contributed by atoms with Crippen molar-refractivity contribution in [1.82, 2.24) is 19.8 Å². The lowest BCUT2D eigenvalue weighted by Gasteiger charge is -2.31. The maximum Gasteiger partial charge on any atom is 0.328 e. The molecule has 0 radical (unpaired) electrons. The second-order valence-corrected chi connectivity index (χ2v) is 8.47. The van der Waals surface area contributed by atoms with Gasteiger partial charge in [-0.1, -0.05) is 36.4 Å². The molecule has 1 atom stereocenters. The molecule has 7 nitrogen and oxygen atoms in total. The summed E-state index contributed by atoms with van der Waals surface area (Å²) in [7, 11) is 0. The Morgan fingerprint density at radius 3 is 2.61 bits per heavy atom. The largest absolute Gasteiger partial charge is 0.333 e. The van der Waals surface area contributed by atoms with E-state index in [9.17, 15) is 18.8 Å². The summed E-state index contributed by atoms with van der Waals surface area (Å²) in [6.07, 6.45) is 0.767. The van der Waals surface area contributed by atoms with E-state index in [2.05, 4.69) is 16.1 Å². The van der Waals surface area contributed by atoms with E-state index in [1.54, 1.807) is 4.90 Å². The van der Waals surface area contributed by atoms with Crippen LogP contribution in [0.2, 0.25) is 0 Å². The molecule has 0 bridgehead atoms. The molecule has 3 heterocycles. The first-order valence-corrected chi connectivity index (χ1v) is 10.7. The van der Waals surface area contributed by atoms with E-state index in [-0.39, 0.29) is 18.3 Å². The number of hydrogen-bond acceptors (Lipinski definition) is 5. The molecule has 31 heavy (non-hydrogen) atoms. The predicted octanol–water partition coefficient (Wildman–Crippen LogP) is 2.29. The van der Waals surface area contributed by atoms with Gasteiger partial charge >= 0.3 is 6.03 Å². The Labute approximate surface area is 182 Å². The molecule has 2 aromatic carbocycles. The van der Waals surface area contributed by atoms with Crippen LogP contribution in [0.1, 0.15) is 16.7 Å². The van der Waals surface area contributed by atoms with Gasteiger partial charge in [-0.25, -0.2) is 13.9 Å². The van der Waals surface area contributed by atoms with E-state index in [1.807, 2.05) is 18.2 Å². The minimum atomic E-state index is -0.806. The highest BCUT2D eigenvalue weighted by Gasteiger charge is 2.45. The summed E-state index contributed by atoms with van der Waals surface area (Å²) < 4.78 is 16.1. The van der Waals surface area contributed by atoms with Gasteiger partial charge in [0.25, 0.3) is 11.8 Å². The van der Waals surface area contributed by atoms with Gasteiger partial charge in [0, 0.05) is 13.1 Å². The van der Waals surface area contributed by atoms with E-state index in [0.29, 0.717) is 29.3 Å². The van der Waals surface area contributed by atoms with Crippen molar-refractivity contribution in [2.24, 2.45) is 0 Å². The normalized spacial score (nSPS) is 20.5. The molecule has 1 fully saturated rings. The van der Waals surface area contributed by atoms with Gasteiger partial charge in [-0.05, 0) is 47.2 Å². The van der Waals surface area contributed by atoms with Crippen molar-refractivity contribution in [2.45, 2.75) is 25.6 Å². The summed E-state index contributed by atoms with van der Waals surface area (Å²) in [6, 6.07) is 12.2. The maximum absolute atomic E-state index is 13.2. The lowest BCUT2D eigenvalue weighted by Crippen LogP contribution is -2.57. The average molecular weight is 438 g/mol. The zero-order chi connectivity index (χ0) is 21.5. The van der Waals surface area contributed by atoms with Gasteiger partial charge in [-0.2, -0.15) is 0 Å². The van der Waals surface area contributed by atoms with Crippen LogP contribution >= 0.6 is 11.9 Å². The molecule has 0 saturated carbocycles. The Hall–Kier alpha value is -3.17. The fraction of sp³-hybridized carbons (Fsp3) is 0.227. The molecule has 3 aliphatic heterocycles. The number of hydrogen-bond donors (Lipinski definition) is 2. The first-order valence-electron chi connectivity index (χ1n) is 9.90. The highest BCUT2D eigenvalue weighted by atomic mass is 32.2. The van der Waals surface area contributed by atoms with E-state index in [4.69, 9.17) is 0 Å². The van der Waals surface area contributed by atoms with Crippen LogP contribution in [-0.4, -0.2) is 40.2 Å². The number of urea groups is 1. The topological polar surface area (TPSA) is 81.8 Å². The lowest BCUT2D eigenvalue weighted by molar-refractivity contribution is -0.130. The van der Waals surface area contributed by atoms with E-state index >= 15 is 0 Å². The monoisotopic (exact) mass is 438 g/mol. The Kier molecular flexibility index (Phi) is 4.99. The number of imide groups is 1. The molecule has 9 heteroatoms. The molecule has 1 saturated heterocycles. The van der Waals surface area contributed by atoms with Crippen molar-refractivity contribution in [3.8, 4) is 0 Å². The maximum atomic E-state index is 13.2. The number of benzene rings is 2. The van der Waals surface area contributed by atoms with Gasteiger partial charge in [0.2, 0.25) is 0 Å². The summed E-state index contributed by atoms with van der Waals surface area (Å²) in [5.74, 6) is -1.03. The van der Waals surface area contributed by atoms with Crippen LogP contribution in [0.15, 0.2) is 59.1 Å². The quantitative estimate of drug-likeness (QED) is 0.719. The van der Waals surface area contributed by atoms with Gasteiger partial charge in [0.15, 0.2) is 0 Å². The van der Waals surface area contributed by atoms with Gasteiger partial charge in [0.1, 0.15) is 16.8 Å². The third-order valence-electron chi connectivity index (χ3n) is 5.68. The molecule has 0 aliphatic carbocycles. The molecule has 2 aromatic rings. The van der Waals surface area contributed by atoms with Gasteiger partial charge in [0.05, 0.1) is 12.2 Å². The first kappa shape index (κ1) is 19.8. The zero-order valence-corrected chi connectivity index (χ0v) is 17.2. The Morgan fingerprint density at radius 2 is 1.84 bits per heavy atom. The number of carbonyl (C=O) groups excluding carboxylic acids is 3. The highest BCUT2D eigenvalue weighted by molar-refractivity contribution is 8.02. The van der Waals surface area contributed by atoms with E-state index in [1.165, 1.54) is 29.8 Å². The summed E-state index contributed by atoms with van der Waals surface area (Å²) >= 11 is 1.07. The van der Waals surface area contributed by atoms with Crippen LogP contribution < -0.4 is 10.0 Å². The van der Waals surface area contributed by atoms with Gasteiger partial charge in [-0.15, -0.1) is 0 Å². The Balaban J connectivity index is 1.35. The summed E-state index contributed by atoms with van der Waals surface area (Å²) in [6.45, 7) is 1.10. The lowest BCUT2D eigenvalue weighted by atomic mass is 9.99. The number of halogens is 1. The first-order chi connectivity index (χ1) is 15.0. The SMILES string of the molecule is O=C(C1=C2NC(=O)N(Cc3ccc(F)cc3)C(=O)C2NS1)N1CCc2ccccc2C1. The van der Waals surface area contributed by atoms with Crippen LogP contribution in [0.4, 0.5) is 9.18 Å². The Morgan fingerprint density at radius 1 is 1.10 bits per heavy atom. The smallest absolute Gasteiger partial charge is 0.328 e. The van der Waals surface area contributed by atoms with Gasteiger partial charge in [-0.3, -0.25) is 14.5 Å². The molecule has 1 unspecified atom stereocenters. The van der Waals surface area contributed by atoms with Crippen molar-refractivity contribution >= 4 is 29.8 Å². The van der Waals surface area contributed by atoms with E-state index < -0.39 is 18.0 Å². The summed E-state index contributed by atoms with van der Waals surface area (Å²) in [5.41, 5.74) is 3.27. The van der Waals surface area contributed by atoms with Gasteiger partial charge < -0.3 is 10.2 Å². The van der Waals surface area contributed by atoms with E-state index in [0.717, 1.165) is 28.8 Å². The summed E-state index contributed by atoms with van der Waals surface area (Å²) in [4.78, 5) is 41.9. The molecule has 5 rings (SSSR count). The van der Waals surface area contributed by atoms with Crippen LogP contribution in [0.25, 0.3) is 0 Å². The highest BCUT2D eigenvalue weighted by Crippen LogP contribution is 2.33. The minimum absolute atomic E-state index is 0.0211. The van der Waals surface area contributed by atoms with Crippen molar-refractivity contribution in [3.05, 3.63) is 81.6 Å². The van der Waals surface area contributed by atoms with Crippen molar-refractivity contribution in [2.75, 3.05) is 6.54 Å². The number of rotatable bonds is 3. The molecule has 0 spiro atoms. The second kappa shape index (κ2) is 7.82. The molecular weight excluding hydrogens is 419 g/mol. The van der Waals surface area contributed by atoms with Crippen LogP contribution in [0, 0.1) is 5.82 Å². The van der Waals surface area contributed by atoms with Crippen molar-refractivity contribution in [3.63, 3.8) is 0 Å². The fourth-order valence-corrected chi connectivity index (χ4v) is 4.95. The number of nitrogens with one attached hydrogen (secondary N) is 2. The Bertz CT molecular complexity index is 1120. The molecule has 2 N–H and O–H groups in total. The minimum Gasteiger partial charge on any atom is -0.333 e. The van der Waals surface area contributed by atoms with Crippen molar-refractivity contribution < 1.29 is 18.8 Å². The zero-order valence-electron chi connectivity index (χ0n) is 16.4. The number of fused-ring (bicyclic) bond motifs is 2. The molecular formula is C22H19FN4O3S.